The fourth-order valence-electron chi connectivity index (χ4n) is 2.91. The molecule has 0 radical (unpaired) electrons. The number of hydrogen-bond donors (Lipinski definition) is 1. The summed E-state index contributed by atoms with van der Waals surface area (Å²) in [5, 5.41) is 0. The molecule has 1 unspecified atom stereocenters. The van der Waals surface area contributed by atoms with Crippen molar-refractivity contribution in [1.29, 1.82) is 0 Å². The summed E-state index contributed by atoms with van der Waals surface area (Å²) in [6.45, 7) is 0.556. The molecule has 1 aliphatic rings. The molecule has 1 aromatic heterocycles. The Labute approximate surface area is 129 Å². The van der Waals surface area contributed by atoms with Crippen LogP contribution in [0.5, 0.6) is 5.75 Å². The number of hydrogen-bond acceptors (Lipinski definition) is 3. The van der Waals surface area contributed by atoms with Crippen LogP contribution >= 0.6 is 0 Å². The van der Waals surface area contributed by atoms with E-state index in [4.69, 9.17) is 10.5 Å². The van der Waals surface area contributed by atoms with E-state index >= 15 is 0 Å². The first kappa shape index (κ1) is 13.0. The summed E-state index contributed by atoms with van der Waals surface area (Å²) in [7, 11) is 0. The predicted molar refractivity (Wildman–Crippen MR) is 86.5 cm³/mol. The Balaban J connectivity index is 1.61. The van der Waals surface area contributed by atoms with Gasteiger partial charge in [0, 0.05) is 11.8 Å². The lowest BCUT2D eigenvalue weighted by atomic mass is 10.1. The second-order valence-corrected chi connectivity index (χ2v) is 5.44. The van der Waals surface area contributed by atoms with E-state index in [1.54, 1.807) is 6.20 Å². The van der Waals surface area contributed by atoms with E-state index in [0.717, 1.165) is 33.7 Å². The van der Waals surface area contributed by atoms with Gasteiger partial charge in [-0.1, -0.05) is 36.4 Å². The SMILES string of the molecule is NC1c2cc(OCc3ccccc3)ccc2-c2ncccc21. The average molecular weight is 288 g/mol. The summed E-state index contributed by atoms with van der Waals surface area (Å²) < 4.78 is 5.89. The highest BCUT2D eigenvalue weighted by molar-refractivity contribution is 5.76. The highest BCUT2D eigenvalue weighted by atomic mass is 16.5. The first-order chi connectivity index (χ1) is 10.8. The van der Waals surface area contributed by atoms with Gasteiger partial charge < -0.3 is 10.5 Å². The molecule has 2 aromatic carbocycles. The first-order valence-corrected chi connectivity index (χ1v) is 7.34. The third kappa shape index (κ3) is 2.16. The van der Waals surface area contributed by atoms with Crippen molar-refractivity contribution in [1.82, 2.24) is 4.98 Å². The quantitative estimate of drug-likeness (QED) is 0.799. The molecule has 108 valence electrons. The van der Waals surface area contributed by atoms with Gasteiger partial charge in [-0.05, 0) is 41.0 Å². The summed E-state index contributed by atoms with van der Waals surface area (Å²) in [5.74, 6) is 0.839. The van der Waals surface area contributed by atoms with Crippen molar-refractivity contribution in [2.24, 2.45) is 5.73 Å². The van der Waals surface area contributed by atoms with Crippen molar-refractivity contribution in [2.75, 3.05) is 0 Å². The minimum absolute atomic E-state index is 0.126. The fraction of sp³-hybridized carbons (Fsp3) is 0.105. The lowest BCUT2D eigenvalue weighted by molar-refractivity contribution is 0.306. The standard InChI is InChI=1S/C19H16N2O/c20-18-16-7-4-10-21-19(16)15-9-8-14(11-17(15)18)22-12-13-5-2-1-3-6-13/h1-11,18H,12,20H2. The highest BCUT2D eigenvalue weighted by Crippen LogP contribution is 2.42. The molecule has 1 atom stereocenters. The van der Waals surface area contributed by atoms with Crippen LogP contribution < -0.4 is 10.5 Å². The predicted octanol–water partition coefficient (Wildman–Crippen LogP) is 3.69. The number of benzene rings is 2. The summed E-state index contributed by atoms with van der Waals surface area (Å²) in [6, 6.07) is 20.0. The molecule has 1 heterocycles. The van der Waals surface area contributed by atoms with E-state index in [1.807, 2.05) is 48.5 Å². The normalized spacial score (nSPS) is 15.2. The Bertz CT molecular complexity index is 815. The molecular weight excluding hydrogens is 272 g/mol. The van der Waals surface area contributed by atoms with Gasteiger partial charge in [0.25, 0.3) is 0 Å². The van der Waals surface area contributed by atoms with Gasteiger partial charge in [0.15, 0.2) is 0 Å². The summed E-state index contributed by atoms with van der Waals surface area (Å²) >= 11 is 0. The van der Waals surface area contributed by atoms with E-state index < -0.39 is 0 Å². The van der Waals surface area contributed by atoms with Crippen LogP contribution in [0.4, 0.5) is 0 Å². The molecule has 0 spiro atoms. The molecule has 2 N–H and O–H groups in total. The monoisotopic (exact) mass is 288 g/mol. The molecule has 22 heavy (non-hydrogen) atoms. The molecule has 0 bridgehead atoms. The van der Waals surface area contributed by atoms with Gasteiger partial charge in [-0.15, -0.1) is 0 Å². The molecule has 1 aliphatic carbocycles. The van der Waals surface area contributed by atoms with Crippen molar-refractivity contribution in [3.05, 3.63) is 83.6 Å². The van der Waals surface area contributed by atoms with Gasteiger partial charge >= 0.3 is 0 Å². The molecule has 0 fully saturated rings. The molecular formula is C19H16N2O. The van der Waals surface area contributed by atoms with Crippen LogP contribution in [0.25, 0.3) is 11.3 Å². The number of nitrogens with zero attached hydrogens (tertiary/aromatic N) is 1. The fourth-order valence-corrected chi connectivity index (χ4v) is 2.91. The van der Waals surface area contributed by atoms with Crippen molar-refractivity contribution >= 4 is 0 Å². The van der Waals surface area contributed by atoms with E-state index in [2.05, 4.69) is 17.1 Å². The molecule has 3 heteroatoms. The molecule has 3 aromatic rings. The van der Waals surface area contributed by atoms with E-state index in [9.17, 15) is 0 Å². The summed E-state index contributed by atoms with van der Waals surface area (Å²) in [4.78, 5) is 4.45. The average Bonchev–Trinajstić information content (AvgIpc) is 2.87. The maximum Gasteiger partial charge on any atom is 0.120 e. The summed E-state index contributed by atoms with van der Waals surface area (Å²) in [6.07, 6.45) is 1.81. The Kier molecular flexibility index (Phi) is 3.13. The Morgan fingerprint density at radius 1 is 0.955 bits per heavy atom. The third-order valence-corrected chi connectivity index (χ3v) is 4.04. The van der Waals surface area contributed by atoms with Crippen LogP contribution in [0, 0.1) is 0 Å². The van der Waals surface area contributed by atoms with Gasteiger partial charge in [0.1, 0.15) is 12.4 Å². The van der Waals surface area contributed by atoms with E-state index in [1.165, 1.54) is 0 Å². The Morgan fingerprint density at radius 3 is 2.68 bits per heavy atom. The smallest absolute Gasteiger partial charge is 0.120 e. The number of ether oxygens (including phenoxy) is 1. The van der Waals surface area contributed by atoms with Crippen molar-refractivity contribution in [3.63, 3.8) is 0 Å². The molecule has 0 saturated heterocycles. The molecule has 0 amide bonds. The topological polar surface area (TPSA) is 48.1 Å². The van der Waals surface area contributed by atoms with Gasteiger partial charge in [0.05, 0.1) is 11.7 Å². The lowest BCUT2D eigenvalue weighted by Gasteiger charge is -2.10. The van der Waals surface area contributed by atoms with Crippen molar-refractivity contribution < 1.29 is 4.74 Å². The lowest BCUT2D eigenvalue weighted by Crippen LogP contribution is -2.08. The minimum atomic E-state index is -0.126. The van der Waals surface area contributed by atoms with Gasteiger partial charge in [0.2, 0.25) is 0 Å². The van der Waals surface area contributed by atoms with Crippen molar-refractivity contribution in [3.8, 4) is 17.0 Å². The van der Waals surface area contributed by atoms with Crippen LogP contribution in [-0.2, 0) is 6.61 Å². The number of aromatic nitrogens is 1. The van der Waals surface area contributed by atoms with Crippen LogP contribution in [0.2, 0.25) is 0 Å². The zero-order chi connectivity index (χ0) is 14.9. The molecule has 0 saturated carbocycles. The Hall–Kier alpha value is -2.65. The van der Waals surface area contributed by atoms with Gasteiger partial charge in [-0.3, -0.25) is 4.98 Å². The highest BCUT2D eigenvalue weighted by Gasteiger charge is 2.27. The minimum Gasteiger partial charge on any atom is -0.489 e. The van der Waals surface area contributed by atoms with Crippen molar-refractivity contribution in [2.45, 2.75) is 12.6 Å². The van der Waals surface area contributed by atoms with Crippen LogP contribution in [0.15, 0.2) is 66.9 Å². The van der Waals surface area contributed by atoms with Gasteiger partial charge in [-0.2, -0.15) is 0 Å². The Morgan fingerprint density at radius 2 is 1.82 bits per heavy atom. The third-order valence-electron chi connectivity index (χ3n) is 4.04. The second-order valence-electron chi connectivity index (χ2n) is 5.44. The van der Waals surface area contributed by atoms with E-state index in [-0.39, 0.29) is 6.04 Å². The van der Waals surface area contributed by atoms with Crippen LogP contribution in [0.1, 0.15) is 22.7 Å². The number of fused-ring (bicyclic) bond motifs is 3. The van der Waals surface area contributed by atoms with E-state index in [0.29, 0.717) is 6.61 Å². The zero-order valence-corrected chi connectivity index (χ0v) is 12.1. The maximum atomic E-state index is 6.34. The number of pyridine rings is 1. The molecule has 0 aliphatic heterocycles. The molecule has 3 nitrogen and oxygen atoms in total. The van der Waals surface area contributed by atoms with Gasteiger partial charge in [-0.25, -0.2) is 0 Å². The zero-order valence-electron chi connectivity index (χ0n) is 12.1. The first-order valence-electron chi connectivity index (χ1n) is 7.34. The number of nitrogens with two attached hydrogens (primary N) is 1. The van der Waals surface area contributed by atoms with Crippen LogP contribution in [-0.4, -0.2) is 4.98 Å². The largest absolute Gasteiger partial charge is 0.489 e. The second kappa shape index (κ2) is 5.28. The number of rotatable bonds is 3. The summed E-state index contributed by atoms with van der Waals surface area (Å²) in [5.41, 5.74) is 11.7. The molecule has 4 rings (SSSR count). The van der Waals surface area contributed by atoms with Crippen LogP contribution in [0.3, 0.4) is 0 Å². The maximum absolute atomic E-state index is 6.34.